The maximum absolute atomic E-state index is 12.8. The van der Waals surface area contributed by atoms with Crippen molar-refractivity contribution >= 4 is 27.5 Å². The van der Waals surface area contributed by atoms with E-state index in [4.69, 9.17) is 0 Å². The molecule has 1 amide bonds. The molecule has 6 heteroatoms. The van der Waals surface area contributed by atoms with Gasteiger partial charge in [-0.1, -0.05) is 13.3 Å². The number of rotatable bonds is 6. The molecule has 122 valence electrons. The molecular weight excluding hydrogens is 318 g/mol. The van der Waals surface area contributed by atoms with Crippen molar-refractivity contribution in [2.75, 3.05) is 24.3 Å². The Morgan fingerprint density at radius 1 is 1.32 bits per heavy atom. The molecule has 0 aromatic heterocycles. The number of carbonyl (C=O) groups is 1. The van der Waals surface area contributed by atoms with Crippen molar-refractivity contribution in [2.24, 2.45) is 0 Å². The molecule has 0 radical (unpaired) electrons. The minimum absolute atomic E-state index is 0.0526. The Morgan fingerprint density at radius 3 is 2.50 bits per heavy atom. The second kappa shape index (κ2) is 7.51. The first kappa shape index (κ1) is 17.3. The summed E-state index contributed by atoms with van der Waals surface area (Å²) in [6.45, 7) is 2.70. The quantitative estimate of drug-likeness (QED) is 0.747. The minimum Gasteiger partial charge on any atom is -0.335 e. The van der Waals surface area contributed by atoms with Gasteiger partial charge in [-0.05, 0) is 43.4 Å². The highest BCUT2D eigenvalue weighted by Crippen LogP contribution is 2.22. The molecule has 1 fully saturated rings. The van der Waals surface area contributed by atoms with Crippen LogP contribution < -0.4 is 0 Å². The molecule has 22 heavy (non-hydrogen) atoms. The lowest BCUT2D eigenvalue weighted by Gasteiger charge is -2.28. The lowest BCUT2D eigenvalue weighted by molar-refractivity contribution is 0.0694. The fraction of sp³-hybridized carbons (Fsp3) is 0.562. The van der Waals surface area contributed by atoms with E-state index in [1.54, 1.807) is 16.7 Å². The summed E-state index contributed by atoms with van der Waals surface area (Å²) in [5, 5.41) is 0. The fourth-order valence-corrected chi connectivity index (χ4v) is 4.84. The van der Waals surface area contributed by atoms with Gasteiger partial charge in [0.25, 0.3) is 5.91 Å². The molecule has 4 nitrogen and oxygen atoms in total. The highest BCUT2D eigenvalue weighted by molar-refractivity contribution is 7.98. The van der Waals surface area contributed by atoms with Crippen LogP contribution >= 0.6 is 11.8 Å². The molecule has 0 spiro atoms. The highest BCUT2D eigenvalue weighted by atomic mass is 32.2. The topological polar surface area (TPSA) is 54.5 Å². The average molecular weight is 341 g/mol. The van der Waals surface area contributed by atoms with Gasteiger partial charge in [0.2, 0.25) is 0 Å². The maximum Gasteiger partial charge on any atom is 0.254 e. The first-order valence-corrected chi connectivity index (χ1v) is 10.7. The summed E-state index contributed by atoms with van der Waals surface area (Å²) in [7, 11) is -2.99. The molecule has 1 aromatic rings. The third kappa shape index (κ3) is 4.26. The third-order valence-corrected chi connectivity index (χ3v) is 6.49. The van der Waals surface area contributed by atoms with E-state index in [1.165, 1.54) is 0 Å². The summed E-state index contributed by atoms with van der Waals surface area (Å²) in [6.07, 6.45) is 4.42. The van der Waals surface area contributed by atoms with Crippen LogP contribution in [0, 0.1) is 0 Å². The Bertz CT molecular complexity index is 611. The Labute approximate surface area is 137 Å². The summed E-state index contributed by atoms with van der Waals surface area (Å²) < 4.78 is 23.4. The first-order chi connectivity index (χ1) is 10.5. The smallest absolute Gasteiger partial charge is 0.254 e. The molecule has 0 bridgehead atoms. The van der Waals surface area contributed by atoms with Crippen LogP contribution in [0.3, 0.4) is 0 Å². The van der Waals surface area contributed by atoms with Crippen molar-refractivity contribution in [1.82, 2.24) is 4.90 Å². The number of sulfone groups is 1. The second-order valence-electron chi connectivity index (χ2n) is 5.64. The van der Waals surface area contributed by atoms with Gasteiger partial charge in [0, 0.05) is 23.0 Å². The molecule has 1 atom stereocenters. The van der Waals surface area contributed by atoms with E-state index in [-0.39, 0.29) is 23.5 Å². The van der Waals surface area contributed by atoms with Crippen molar-refractivity contribution in [3.8, 4) is 0 Å². The first-order valence-electron chi connectivity index (χ1n) is 7.62. The predicted molar refractivity (Wildman–Crippen MR) is 91.2 cm³/mol. The van der Waals surface area contributed by atoms with Crippen LogP contribution in [0.15, 0.2) is 29.2 Å². The normalized spacial score (nSPS) is 20.0. The Kier molecular flexibility index (Phi) is 5.92. The molecular formula is C16H23NO3S2. The van der Waals surface area contributed by atoms with Gasteiger partial charge in [-0.2, -0.15) is 0 Å². The van der Waals surface area contributed by atoms with Gasteiger partial charge < -0.3 is 4.90 Å². The molecule has 1 saturated heterocycles. The van der Waals surface area contributed by atoms with Gasteiger partial charge in [-0.15, -0.1) is 11.8 Å². The number of nitrogens with zero attached hydrogens (tertiary/aromatic N) is 1. The molecule has 1 aliphatic rings. The van der Waals surface area contributed by atoms with Gasteiger partial charge in [0.05, 0.1) is 11.5 Å². The van der Waals surface area contributed by atoms with E-state index in [0.717, 1.165) is 17.7 Å². The van der Waals surface area contributed by atoms with E-state index < -0.39 is 9.84 Å². The molecule has 1 unspecified atom stereocenters. The minimum atomic E-state index is -2.99. The monoisotopic (exact) mass is 341 g/mol. The van der Waals surface area contributed by atoms with Crippen LogP contribution in [-0.4, -0.2) is 49.6 Å². The Morgan fingerprint density at radius 2 is 2.00 bits per heavy atom. The number of carbonyl (C=O) groups excluding carboxylic acids is 1. The molecule has 2 rings (SSSR count). The van der Waals surface area contributed by atoms with Gasteiger partial charge in [-0.3, -0.25) is 4.79 Å². The summed E-state index contributed by atoms with van der Waals surface area (Å²) >= 11 is 1.63. The standard InChI is InChI=1S/C16H23NO3S2/c1-3-4-10-17(14-9-11-22(19,20)12-14)16(18)13-5-7-15(21-2)8-6-13/h5-8,14H,3-4,9-12H2,1-2H3. The van der Waals surface area contributed by atoms with E-state index in [2.05, 4.69) is 6.92 Å². The summed E-state index contributed by atoms with van der Waals surface area (Å²) in [6, 6.07) is 7.35. The lowest BCUT2D eigenvalue weighted by atomic mass is 10.1. The van der Waals surface area contributed by atoms with E-state index in [1.807, 2.05) is 30.5 Å². The van der Waals surface area contributed by atoms with Crippen LogP contribution in [0.4, 0.5) is 0 Å². The van der Waals surface area contributed by atoms with E-state index >= 15 is 0 Å². The van der Waals surface area contributed by atoms with Crippen molar-refractivity contribution in [1.29, 1.82) is 0 Å². The van der Waals surface area contributed by atoms with Crippen LogP contribution in [0.1, 0.15) is 36.5 Å². The molecule has 0 N–H and O–H groups in total. The summed E-state index contributed by atoms with van der Waals surface area (Å²) in [4.78, 5) is 15.6. The van der Waals surface area contributed by atoms with Crippen LogP contribution in [0.25, 0.3) is 0 Å². The predicted octanol–water partition coefficient (Wildman–Crippen LogP) is 2.84. The SMILES string of the molecule is CCCCN(C(=O)c1ccc(SC)cc1)C1CCS(=O)(=O)C1. The average Bonchev–Trinajstić information content (AvgIpc) is 2.87. The van der Waals surface area contributed by atoms with Gasteiger partial charge in [-0.25, -0.2) is 8.42 Å². The largest absolute Gasteiger partial charge is 0.335 e. The highest BCUT2D eigenvalue weighted by Gasteiger charge is 2.34. The number of hydrogen-bond donors (Lipinski definition) is 0. The van der Waals surface area contributed by atoms with Crippen molar-refractivity contribution < 1.29 is 13.2 Å². The Hall–Kier alpha value is -1.01. The zero-order chi connectivity index (χ0) is 16.2. The Balaban J connectivity index is 2.18. The second-order valence-corrected chi connectivity index (χ2v) is 8.75. The van der Waals surface area contributed by atoms with Crippen LogP contribution in [-0.2, 0) is 9.84 Å². The van der Waals surface area contributed by atoms with Crippen LogP contribution in [0.2, 0.25) is 0 Å². The zero-order valence-electron chi connectivity index (χ0n) is 13.1. The fourth-order valence-electron chi connectivity index (χ4n) is 2.70. The summed E-state index contributed by atoms with van der Waals surface area (Å²) in [5.74, 6) is 0.243. The number of hydrogen-bond acceptors (Lipinski definition) is 4. The van der Waals surface area contributed by atoms with E-state index in [9.17, 15) is 13.2 Å². The third-order valence-electron chi connectivity index (χ3n) is 4.00. The molecule has 1 aliphatic heterocycles. The van der Waals surface area contributed by atoms with Crippen molar-refractivity contribution in [2.45, 2.75) is 37.1 Å². The van der Waals surface area contributed by atoms with Gasteiger partial charge in [0.15, 0.2) is 9.84 Å². The summed E-state index contributed by atoms with van der Waals surface area (Å²) in [5.41, 5.74) is 0.637. The zero-order valence-corrected chi connectivity index (χ0v) is 14.8. The number of amides is 1. The van der Waals surface area contributed by atoms with Gasteiger partial charge in [0.1, 0.15) is 0 Å². The van der Waals surface area contributed by atoms with Crippen molar-refractivity contribution in [3.05, 3.63) is 29.8 Å². The number of thioether (sulfide) groups is 1. The van der Waals surface area contributed by atoms with Crippen LogP contribution in [0.5, 0.6) is 0 Å². The van der Waals surface area contributed by atoms with E-state index in [0.29, 0.717) is 18.5 Å². The lowest BCUT2D eigenvalue weighted by Crippen LogP contribution is -2.41. The molecule has 1 aromatic carbocycles. The molecule has 1 heterocycles. The van der Waals surface area contributed by atoms with Crippen molar-refractivity contribution in [3.63, 3.8) is 0 Å². The molecule has 0 aliphatic carbocycles. The number of unbranched alkanes of at least 4 members (excludes halogenated alkanes) is 1. The molecule has 0 saturated carbocycles. The maximum atomic E-state index is 12.8. The van der Waals surface area contributed by atoms with Gasteiger partial charge >= 0.3 is 0 Å². The number of benzene rings is 1.